The van der Waals surface area contributed by atoms with Crippen molar-refractivity contribution >= 4 is 17.6 Å². The van der Waals surface area contributed by atoms with E-state index in [2.05, 4.69) is 4.90 Å². The van der Waals surface area contributed by atoms with Crippen molar-refractivity contribution in [3.8, 4) is 5.75 Å². The first-order chi connectivity index (χ1) is 16.2. The molecular weight excluding hydrogens is 445 g/mol. The molecule has 1 fully saturated rings. The Morgan fingerprint density at radius 2 is 1.82 bits per heavy atom. The minimum Gasteiger partial charge on any atom is -0.477 e. The zero-order chi connectivity index (χ0) is 24.8. The molecule has 1 aliphatic rings. The molecule has 1 saturated heterocycles. The number of carbonyl (C=O) groups is 2. The van der Waals surface area contributed by atoms with Gasteiger partial charge in [-0.25, -0.2) is 9.18 Å². The van der Waals surface area contributed by atoms with Crippen LogP contribution in [0.25, 0.3) is 0 Å². The lowest BCUT2D eigenvalue weighted by atomic mass is 10.1. The monoisotopic (exact) mass is 473 g/mol. The third-order valence-corrected chi connectivity index (χ3v) is 5.75. The van der Waals surface area contributed by atoms with Crippen molar-refractivity contribution < 1.29 is 28.4 Å². The van der Waals surface area contributed by atoms with E-state index in [1.807, 2.05) is 13.8 Å². The molecule has 0 aliphatic carbocycles. The summed E-state index contributed by atoms with van der Waals surface area (Å²) >= 11 is 0. The molecule has 2 aromatic carbocycles. The van der Waals surface area contributed by atoms with E-state index >= 15 is 0 Å². The molecule has 0 unspecified atom stereocenters. The molecule has 34 heavy (non-hydrogen) atoms. The second-order valence-corrected chi connectivity index (χ2v) is 8.25. The van der Waals surface area contributed by atoms with E-state index in [0.717, 1.165) is 11.6 Å². The van der Waals surface area contributed by atoms with E-state index in [0.29, 0.717) is 19.6 Å². The van der Waals surface area contributed by atoms with E-state index in [1.165, 1.54) is 24.3 Å². The molecule has 0 radical (unpaired) electrons. The lowest BCUT2D eigenvalue weighted by molar-refractivity contribution is -0.385. The molecule has 0 spiro atoms. The molecule has 10 heteroatoms. The van der Waals surface area contributed by atoms with Crippen LogP contribution in [0.2, 0.25) is 0 Å². The zero-order valence-corrected chi connectivity index (χ0v) is 19.4. The molecule has 1 heterocycles. The number of halogens is 1. The van der Waals surface area contributed by atoms with Crippen LogP contribution in [-0.4, -0.2) is 65.0 Å². The van der Waals surface area contributed by atoms with Gasteiger partial charge in [-0.3, -0.25) is 19.8 Å². The summed E-state index contributed by atoms with van der Waals surface area (Å²) in [5.74, 6) is -1.34. The Morgan fingerprint density at radius 1 is 1.12 bits per heavy atom. The molecule has 1 amide bonds. The van der Waals surface area contributed by atoms with Crippen molar-refractivity contribution in [3.63, 3.8) is 0 Å². The molecule has 2 aromatic rings. The van der Waals surface area contributed by atoms with Crippen LogP contribution in [-0.2, 0) is 16.1 Å². The molecule has 0 saturated carbocycles. The summed E-state index contributed by atoms with van der Waals surface area (Å²) in [5.41, 5.74) is 0.609. The van der Waals surface area contributed by atoms with Crippen LogP contribution in [0, 0.1) is 15.9 Å². The fraction of sp³-hybridized carbons (Fsp3) is 0.417. The number of rotatable bonds is 8. The first-order valence-electron chi connectivity index (χ1n) is 11.1. The largest absolute Gasteiger partial charge is 0.477 e. The Hall–Kier alpha value is -3.53. The maximum Gasteiger partial charge on any atom is 0.338 e. The third-order valence-electron chi connectivity index (χ3n) is 5.75. The van der Waals surface area contributed by atoms with Crippen molar-refractivity contribution in [2.45, 2.75) is 39.4 Å². The van der Waals surface area contributed by atoms with E-state index in [-0.39, 0.29) is 48.3 Å². The standard InChI is InChI=1S/C24H28FN3O6/c1-4-33-24(30)19-7-10-22(21(11-19)28(31)32)34-15-23(29)27-13-16(2)26(12-17(27)3)14-18-5-8-20(25)9-6-18/h5-11,16-17H,4,12-15H2,1-3H3/t16-,17+/m1/s1. The highest BCUT2D eigenvalue weighted by atomic mass is 19.1. The van der Waals surface area contributed by atoms with Crippen LogP contribution in [0.15, 0.2) is 42.5 Å². The molecule has 0 aromatic heterocycles. The SMILES string of the molecule is CCOC(=O)c1ccc(OCC(=O)N2C[C@@H](C)N(Cc3ccc(F)cc3)C[C@@H]2C)c([N+](=O)[O-])c1. The van der Waals surface area contributed by atoms with Gasteiger partial charge < -0.3 is 14.4 Å². The number of carbonyl (C=O) groups excluding carboxylic acids is 2. The van der Waals surface area contributed by atoms with Gasteiger partial charge in [-0.1, -0.05) is 12.1 Å². The van der Waals surface area contributed by atoms with Crippen molar-refractivity contribution in [2.24, 2.45) is 0 Å². The van der Waals surface area contributed by atoms with Crippen LogP contribution in [0.5, 0.6) is 5.75 Å². The van der Waals surface area contributed by atoms with Gasteiger partial charge in [-0.2, -0.15) is 0 Å². The van der Waals surface area contributed by atoms with Crippen molar-refractivity contribution in [1.82, 2.24) is 9.80 Å². The van der Waals surface area contributed by atoms with E-state index in [9.17, 15) is 24.1 Å². The third kappa shape index (κ3) is 6.07. The van der Waals surface area contributed by atoms with E-state index in [4.69, 9.17) is 9.47 Å². The maximum absolute atomic E-state index is 13.2. The highest BCUT2D eigenvalue weighted by Gasteiger charge is 2.32. The Morgan fingerprint density at radius 3 is 2.47 bits per heavy atom. The number of hydrogen-bond donors (Lipinski definition) is 0. The van der Waals surface area contributed by atoms with Gasteiger partial charge in [0.15, 0.2) is 12.4 Å². The summed E-state index contributed by atoms with van der Waals surface area (Å²) in [6, 6.07) is 10.1. The van der Waals surface area contributed by atoms with E-state index < -0.39 is 16.6 Å². The average molecular weight is 474 g/mol. The van der Waals surface area contributed by atoms with Crippen LogP contribution < -0.4 is 4.74 Å². The maximum atomic E-state index is 13.2. The second kappa shape index (κ2) is 11.1. The number of piperazine rings is 1. The summed E-state index contributed by atoms with van der Waals surface area (Å²) < 4.78 is 23.5. The molecule has 0 N–H and O–H groups in total. The second-order valence-electron chi connectivity index (χ2n) is 8.25. The predicted octanol–water partition coefficient (Wildman–Crippen LogP) is 3.41. The van der Waals surface area contributed by atoms with Crippen molar-refractivity contribution in [3.05, 3.63) is 69.5 Å². The van der Waals surface area contributed by atoms with Crippen molar-refractivity contribution in [1.29, 1.82) is 0 Å². The number of nitro benzene ring substituents is 1. The Balaban J connectivity index is 1.62. The Labute approximate surface area is 197 Å². The first-order valence-corrected chi connectivity index (χ1v) is 11.1. The van der Waals surface area contributed by atoms with Crippen LogP contribution >= 0.6 is 0 Å². The molecule has 0 bridgehead atoms. The summed E-state index contributed by atoms with van der Waals surface area (Å²) in [5, 5.41) is 11.5. The van der Waals surface area contributed by atoms with Gasteiger partial charge >= 0.3 is 11.7 Å². The highest BCUT2D eigenvalue weighted by Crippen LogP contribution is 2.28. The van der Waals surface area contributed by atoms with Gasteiger partial charge in [0, 0.05) is 37.8 Å². The number of benzene rings is 2. The Kier molecular flexibility index (Phi) is 8.17. The van der Waals surface area contributed by atoms with Crippen molar-refractivity contribution in [2.75, 3.05) is 26.3 Å². The fourth-order valence-corrected chi connectivity index (χ4v) is 3.94. The van der Waals surface area contributed by atoms with Crippen LogP contribution in [0.4, 0.5) is 10.1 Å². The summed E-state index contributed by atoms with van der Waals surface area (Å²) in [4.78, 5) is 39.4. The summed E-state index contributed by atoms with van der Waals surface area (Å²) in [6.07, 6.45) is 0. The van der Waals surface area contributed by atoms with Gasteiger partial charge in [0.25, 0.3) is 5.91 Å². The summed E-state index contributed by atoms with van der Waals surface area (Å²) in [7, 11) is 0. The molecule has 182 valence electrons. The quantitative estimate of drug-likeness (QED) is 0.329. The van der Waals surface area contributed by atoms with E-state index in [1.54, 1.807) is 24.0 Å². The number of esters is 1. The smallest absolute Gasteiger partial charge is 0.338 e. The predicted molar refractivity (Wildman–Crippen MR) is 122 cm³/mol. The van der Waals surface area contributed by atoms with Gasteiger partial charge in [0.1, 0.15) is 5.82 Å². The zero-order valence-electron chi connectivity index (χ0n) is 19.4. The molecule has 2 atom stereocenters. The van der Waals surface area contributed by atoms with Gasteiger partial charge in [0.05, 0.1) is 17.1 Å². The lowest BCUT2D eigenvalue weighted by Gasteiger charge is -2.44. The minimum absolute atomic E-state index is 0.0342. The average Bonchev–Trinajstić information content (AvgIpc) is 2.81. The molecule has 3 rings (SSSR count). The molecule has 9 nitrogen and oxygen atoms in total. The van der Waals surface area contributed by atoms with Gasteiger partial charge in [0.2, 0.25) is 0 Å². The van der Waals surface area contributed by atoms with Gasteiger partial charge in [-0.05, 0) is 50.6 Å². The van der Waals surface area contributed by atoms with Gasteiger partial charge in [-0.15, -0.1) is 0 Å². The number of ether oxygens (including phenoxy) is 2. The molecular formula is C24H28FN3O6. The van der Waals surface area contributed by atoms with Crippen LogP contribution in [0.3, 0.4) is 0 Å². The lowest BCUT2D eigenvalue weighted by Crippen LogP contribution is -2.58. The summed E-state index contributed by atoms with van der Waals surface area (Å²) in [6.45, 7) is 7.09. The highest BCUT2D eigenvalue weighted by molar-refractivity contribution is 5.90. The number of amides is 1. The number of nitrogens with zero attached hydrogens (tertiary/aromatic N) is 3. The topological polar surface area (TPSA) is 102 Å². The van der Waals surface area contributed by atoms with Crippen LogP contribution in [0.1, 0.15) is 36.7 Å². The molecule has 1 aliphatic heterocycles. The fourth-order valence-electron chi connectivity index (χ4n) is 3.94. The Bertz CT molecular complexity index is 1050. The normalized spacial score (nSPS) is 18.4. The number of nitro groups is 1. The first kappa shape index (κ1) is 25.1. The number of hydrogen-bond acceptors (Lipinski definition) is 7. The minimum atomic E-state index is -0.672.